The molecule has 0 amide bonds. The van der Waals surface area contributed by atoms with Crippen LogP contribution >= 0.6 is 0 Å². The number of aromatic nitrogens is 2. The fraction of sp³-hybridized carbons (Fsp3) is 0.375. The minimum atomic E-state index is -1.03. The van der Waals surface area contributed by atoms with Gasteiger partial charge in [-0.3, -0.25) is 0 Å². The Hall–Kier alpha value is -2.70. The van der Waals surface area contributed by atoms with Gasteiger partial charge in [0, 0.05) is 12.7 Å². The monoisotopic (exact) mass is 319 g/mol. The molecule has 0 saturated carbocycles. The number of aryl methyl sites for hydroxylation is 1. The lowest BCUT2D eigenvalue weighted by Crippen LogP contribution is -2.09. The molecule has 1 aromatic heterocycles. The number of carboxylic acids is 1. The highest BCUT2D eigenvalue weighted by Gasteiger charge is 2.16. The fourth-order valence-electron chi connectivity index (χ4n) is 2.34. The van der Waals surface area contributed by atoms with Gasteiger partial charge in [0.15, 0.2) is 11.5 Å². The van der Waals surface area contributed by atoms with Crippen LogP contribution in [-0.4, -0.2) is 34.8 Å². The predicted molar refractivity (Wildman–Crippen MR) is 86.5 cm³/mol. The Morgan fingerprint density at radius 2 is 2.00 bits per heavy atom. The first kappa shape index (κ1) is 16.7. The normalized spacial score (nSPS) is 10.5. The summed E-state index contributed by atoms with van der Waals surface area (Å²) in [5.74, 6) is 0.640. The van der Waals surface area contributed by atoms with E-state index < -0.39 is 5.97 Å². The van der Waals surface area contributed by atoms with Gasteiger partial charge < -0.3 is 24.5 Å². The van der Waals surface area contributed by atoms with Crippen LogP contribution in [0.5, 0.6) is 11.5 Å². The zero-order valence-corrected chi connectivity index (χ0v) is 13.9. The topological polar surface area (TPSA) is 85.6 Å². The molecule has 7 heteroatoms. The molecule has 2 rings (SSSR count). The fourth-order valence-corrected chi connectivity index (χ4v) is 2.34. The van der Waals surface area contributed by atoms with Crippen molar-refractivity contribution in [3.8, 4) is 11.5 Å². The van der Waals surface area contributed by atoms with Crippen molar-refractivity contribution in [2.75, 3.05) is 19.5 Å². The van der Waals surface area contributed by atoms with E-state index >= 15 is 0 Å². The third kappa shape index (κ3) is 3.23. The van der Waals surface area contributed by atoms with Crippen LogP contribution in [0.25, 0.3) is 0 Å². The maximum Gasteiger partial charge on any atom is 0.335 e. The maximum absolute atomic E-state index is 11.3. The van der Waals surface area contributed by atoms with Crippen molar-refractivity contribution in [2.45, 2.75) is 20.4 Å². The quantitative estimate of drug-likeness (QED) is 0.850. The lowest BCUT2D eigenvalue weighted by atomic mass is 10.1. The highest BCUT2D eigenvalue weighted by molar-refractivity contribution is 5.90. The molecule has 1 aromatic carbocycles. The van der Waals surface area contributed by atoms with E-state index in [1.165, 1.54) is 26.4 Å². The summed E-state index contributed by atoms with van der Waals surface area (Å²) in [5, 5.41) is 12.4. The molecule has 0 aliphatic heterocycles. The van der Waals surface area contributed by atoms with Crippen LogP contribution in [0.15, 0.2) is 12.1 Å². The van der Waals surface area contributed by atoms with Crippen LogP contribution in [0, 0.1) is 13.8 Å². The molecule has 0 atom stereocenters. The molecule has 0 unspecified atom stereocenters. The molecular formula is C16H21N3O4. The number of carbonyl (C=O) groups is 1. The van der Waals surface area contributed by atoms with E-state index in [9.17, 15) is 9.90 Å². The minimum absolute atomic E-state index is 0.123. The van der Waals surface area contributed by atoms with E-state index in [-0.39, 0.29) is 5.56 Å². The number of hydrogen-bond acceptors (Lipinski definition) is 5. The van der Waals surface area contributed by atoms with Gasteiger partial charge in [-0.25, -0.2) is 9.78 Å². The number of nitrogens with one attached hydrogen (secondary N) is 1. The first-order valence-corrected chi connectivity index (χ1v) is 7.11. The van der Waals surface area contributed by atoms with E-state index in [1.54, 1.807) is 0 Å². The summed E-state index contributed by atoms with van der Waals surface area (Å²) >= 11 is 0. The summed E-state index contributed by atoms with van der Waals surface area (Å²) < 4.78 is 12.6. The summed E-state index contributed by atoms with van der Waals surface area (Å²) in [4.78, 5) is 15.7. The zero-order chi connectivity index (χ0) is 17.1. The number of hydrogen-bond donors (Lipinski definition) is 2. The van der Waals surface area contributed by atoms with E-state index in [1.807, 2.05) is 25.5 Å². The van der Waals surface area contributed by atoms with E-state index in [4.69, 9.17) is 9.47 Å². The van der Waals surface area contributed by atoms with Crippen LogP contribution < -0.4 is 14.8 Å². The Morgan fingerprint density at radius 1 is 1.30 bits per heavy atom. The number of anilines is 1. The Kier molecular flexibility index (Phi) is 4.78. The smallest absolute Gasteiger partial charge is 0.335 e. The van der Waals surface area contributed by atoms with Gasteiger partial charge in [-0.2, -0.15) is 0 Å². The number of aromatic carboxylic acids is 1. The largest absolute Gasteiger partial charge is 0.493 e. The Balaban J connectivity index is 2.35. The summed E-state index contributed by atoms with van der Waals surface area (Å²) in [6, 6.07) is 2.95. The van der Waals surface area contributed by atoms with Crippen LogP contribution in [-0.2, 0) is 13.6 Å². The van der Waals surface area contributed by atoms with Gasteiger partial charge in [0.05, 0.1) is 37.7 Å². The van der Waals surface area contributed by atoms with Gasteiger partial charge in [0.1, 0.15) is 5.82 Å². The average Bonchev–Trinajstić information content (AvgIpc) is 2.78. The number of carboxylic acid groups (broad SMARTS) is 1. The molecule has 1 heterocycles. The first-order valence-electron chi connectivity index (χ1n) is 7.11. The molecule has 0 radical (unpaired) electrons. The third-order valence-corrected chi connectivity index (χ3v) is 3.87. The van der Waals surface area contributed by atoms with Crippen LogP contribution in [0.3, 0.4) is 0 Å². The highest BCUT2D eigenvalue weighted by atomic mass is 16.5. The second kappa shape index (κ2) is 6.60. The van der Waals surface area contributed by atoms with Gasteiger partial charge >= 0.3 is 5.97 Å². The van der Waals surface area contributed by atoms with Crippen molar-refractivity contribution >= 4 is 11.7 Å². The molecule has 0 spiro atoms. The Bertz CT molecular complexity index is 737. The molecular weight excluding hydrogens is 298 g/mol. The second-order valence-electron chi connectivity index (χ2n) is 5.18. The molecule has 0 bridgehead atoms. The number of rotatable bonds is 6. The number of nitrogens with zero attached hydrogens (tertiary/aromatic N) is 2. The van der Waals surface area contributed by atoms with E-state index in [0.717, 1.165) is 17.2 Å². The summed E-state index contributed by atoms with van der Waals surface area (Å²) in [5.41, 5.74) is 2.72. The molecule has 0 saturated heterocycles. The zero-order valence-electron chi connectivity index (χ0n) is 13.9. The molecule has 2 N–H and O–H groups in total. The lowest BCUT2D eigenvalue weighted by molar-refractivity contribution is 0.0696. The summed E-state index contributed by atoms with van der Waals surface area (Å²) in [6.07, 6.45) is 0. The second-order valence-corrected chi connectivity index (χ2v) is 5.18. The standard InChI is InChI=1S/C16H21N3O4/c1-9-10(2)19(3)14(18-9)8-17-12-6-11(16(20)21)7-13(22-4)15(12)23-5/h6-7,17H,8H2,1-5H3,(H,20,21). The van der Waals surface area contributed by atoms with Crippen molar-refractivity contribution < 1.29 is 19.4 Å². The summed E-state index contributed by atoms with van der Waals surface area (Å²) in [6.45, 7) is 4.39. The average molecular weight is 319 g/mol. The van der Waals surface area contributed by atoms with E-state index in [0.29, 0.717) is 23.7 Å². The number of ether oxygens (including phenoxy) is 2. The van der Waals surface area contributed by atoms with Crippen molar-refractivity contribution in [1.82, 2.24) is 9.55 Å². The van der Waals surface area contributed by atoms with Gasteiger partial charge in [-0.15, -0.1) is 0 Å². The Labute approximate surface area is 134 Å². The Morgan fingerprint density at radius 3 is 2.48 bits per heavy atom. The molecule has 2 aromatic rings. The highest BCUT2D eigenvalue weighted by Crippen LogP contribution is 2.36. The van der Waals surface area contributed by atoms with Gasteiger partial charge in [0.25, 0.3) is 0 Å². The lowest BCUT2D eigenvalue weighted by Gasteiger charge is -2.15. The van der Waals surface area contributed by atoms with Gasteiger partial charge in [-0.05, 0) is 26.0 Å². The van der Waals surface area contributed by atoms with Crippen molar-refractivity contribution in [1.29, 1.82) is 0 Å². The maximum atomic E-state index is 11.3. The minimum Gasteiger partial charge on any atom is -0.493 e. The summed E-state index contributed by atoms with van der Waals surface area (Å²) in [7, 11) is 4.93. The number of methoxy groups -OCH3 is 2. The van der Waals surface area contributed by atoms with Crippen molar-refractivity contribution in [2.24, 2.45) is 7.05 Å². The van der Waals surface area contributed by atoms with Crippen LogP contribution in [0.2, 0.25) is 0 Å². The number of imidazole rings is 1. The SMILES string of the molecule is COc1cc(C(=O)O)cc(NCc2nc(C)c(C)n2C)c1OC. The van der Waals surface area contributed by atoms with E-state index in [2.05, 4.69) is 10.3 Å². The number of benzene rings is 1. The molecule has 124 valence electrons. The molecule has 7 nitrogen and oxygen atoms in total. The van der Waals surface area contributed by atoms with Crippen molar-refractivity contribution in [3.63, 3.8) is 0 Å². The van der Waals surface area contributed by atoms with Gasteiger partial charge in [-0.1, -0.05) is 0 Å². The van der Waals surface area contributed by atoms with Crippen LogP contribution in [0.1, 0.15) is 27.6 Å². The third-order valence-electron chi connectivity index (χ3n) is 3.87. The molecule has 0 aliphatic carbocycles. The predicted octanol–water partition coefficient (Wildman–Crippen LogP) is 2.36. The van der Waals surface area contributed by atoms with Crippen LogP contribution in [0.4, 0.5) is 5.69 Å². The molecule has 0 fully saturated rings. The molecule has 23 heavy (non-hydrogen) atoms. The first-order chi connectivity index (χ1) is 10.9. The molecule has 0 aliphatic rings. The van der Waals surface area contributed by atoms with Crippen molar-refractivity contribution in [3.05, 3.63) is 34.9 Å². The van der Waals surface area contributed by atoms with Gasteiger partial charge in [0.2, 0.25) is 0 Å².